The largest absolute Gasteiger partial charge is 0.383 e. The molecule has 0 saturated carbocycles. The Bertz CT molecular complexity index is 327. The van der Waals surface area contributed by atoms with Crippen LogP contribution in [0, 0.1) is 0 Å². The second-order valence-electron chi connectivity index (χ2n) is 4.24. The highest BCUT2D eigenvalue weighted by Crippen LogP contribution is 2.19. The van der Waals surface area contributed by atoms with Gasteiger partial charge in [0.15, 0.2) is 0 Å². The molecule has 0 aliphatic rings. The van der Waals surface area contributed by atoms with Crippen molar-refractivity contribution in [1.29, 1.82) is 0 Å². The number of methoxy groups -OCH3 is 2. The minimum atomic E-state index is 0.707. The third kappa shape index (κ3) is 6.29. The Morgan fingerprint density at radius 2 is 1.89 bits per heavy atom. The van der Waals surface area contributed by atoms with Crippen LogP contribution < -0.4 is 5.32 Å². The van der Waals surface area contributed by atoms with Crippen LogP contribution in [0.4, 0.5) is 5.00 Å². The van der Waals surface area contributed by atoms with Gasteiger partial charge in [-0.15, -0.1) is 5.10 Å². The van der Waals surface area contributed by atoms with E-state index in [2.05, 4.69) is 26.7 Å². The Hall–Kier alpha value is -0.760. The fourth-order valence-corrected chi connectivity index (χ4v) is 2.21. The van der Waals surface area contributed by atoms with Gasteiger partial charge < -0.3 is 14.8 Å². The fourth-order valence-electron chi connectivity index (χ4n) is 1.61. The van der Waals surface area contributed by atoms with Crippen molar-refractivity contribution in [2.75, 3.05) is 52.4 Å². The molecule has 110 valence electrons. The zero-order valence-electron chi connectivity index (χ0n) is 12.0. The number of ether oxygens (including phenoxy) is 2. The van der Waals surface area contributed by atoms with Crippen LogP contribution in [0.3, 0.4) is 0 Å². The highest BCUT2D eigenvalue weighted by Gasteiger charge is 2.12. The molecule has 0 radical (unpaired) electrons. The minimum Gasteiger partial charge on any atom is -0.383 e. The molecule has 0 amide bonds. The molecule has 0 saturated heterocycles. The molecule has 6 nitrogen and oxygen atoms in total. The van der Waals surface area contributed by atoms with E-state index in [-0.39, 0.29) is 0 Å². The summed E-state index contributed by atoms with van der Waals surface area (Å²) in [6, 6.07) is 0. The summed E-state index contributed by atoms with van der Waals surface area (Å²) in [5, 5.41) is 8.64. The maximum Gasteiger partial charge on any atom is 0.134 e. The smallest absolute Gasteiger partial charge is 0.134 e. The van der Waals surface area contributed by atoms with Crippen LogP contribution in [0.25, 0.3) is 0 Å². The monoisotopic (exact) mass is 288 g/mol. The topological polar surface area (TPSA) is 59.5 Å². The average molecular weight is 288 g/mol. The van der Waals surface area contributed by atoms with Crippen molar-refractivity contribution in [1.82, 2.24) is 14.5 Å². The molecule has 1 N–H and O–H groups in total. The maximum absolute atomic E-state index is 5.14. The lowest BCUT2D eigenvalue weighted by atomic mass is 10.3. The van der Waals surface area contributed by atoms with Crippen LogP contribution >= 0.6 is 11.5 Å². The molecule has 7 heteroatoms. The summed E-state index contributed by atoms with van der Waals surface area (Å²) in [4.78, 5) is 2.26. The molecule has 0 bridgehead atoms. The van der Waals surface area contributed by atoms with Gasteiger partial charge in [-0.3, -0.25) is 4.90 Å². The van der Waals surface area contributed by atoms with Crippen molar-refractivity contribution in [3.63, 3.8) is 0 Å². The van der Waals surface area contributed by atoms with Crippen LogP contribution in [0.5, 0.6) is 0 Å². The van der Waals surface area contributed by atoms with E-state index in [1.165, 1.54) is 11.5 Å². The van der Waals surface area contributed by atoms with Gasteiger partial charge in [-0.2, -0.15) is 0 Å². The van der Waals surface area contributed by atoms with Crippen LogP contribution in [-0.4, -0.2) is 61.6 Å². The highest BCUT2D eigenvalue weighted by atomic mass is 32.1. The summed E-state index contributed by atoms with van der Waals surface area (Å²) in [5.41, 5.74) is 1.01. The number of aromatic nitrogens is 2. The van der Waals surface area contributed by atoms with Gasteiger partial charge in [-0.05, 0) is 6.42 Å². The Labute approximate surface area is 119 Å². The molecule has 0 aliphatic carbocycles. The molecule has 1 aromatic heterocycles. The van der Waals surface area contributed by atoms with Crippen LogP contribution in [0.15, 0.2) is 0 Å². The first kappa shape index (κ1) is 16.3. The summed E-state index contributed by atoms with van der Waals surface area (Å²) < 4.78 is 14.3. The SMILES string of the molecule is CCCNc1snnc1CN(CCOC)CCOC. The molecule has 0 fully saturated rings. The summed E-state index contributed by atoms with van der Waals surface area (Å²) in [7, 11) is 3.43. The van der Waals surface area contributed by atoms with E-state index in [4.69, 9.17) is 9.47 Å². The second kappa shape index (κ2) is 10.1. The highest BCUT2D eigenvalue weighted by molar-refractivity contribution is 7.10. The predicted octanol–water partition coefficient (Wildman–Crippen LogP) is 1.45. The van der Waals surface area contributed by atoms with Crippen LogP contribution in [-0.2, 0) is 16.0 Å². The van der Waals surface area contributed by atoms with Gasteiger partial charge >= 0.3 is 0 Å². The normalized spacial score (nSPS) is 11.2. The number of nitrogens with zero attached hydrogens (tertiary/aromatic N) is 3. The lowest BCUT2D eigenvalue weighted by Gasteiger charge is -2.20. The molecule has 1 heterocycles. The first-order valence-electron chi connectivity index (χ1n) is 6.57. The molecule has 0 spiro atoms. The minimum absolute atomic E-state index is 0.707. The standard InChI is InChI=1S/C12H24N4O2S/c1-4-5-13-12-11(14-15-19-12)10-16(6-8-17-2)7-9-18-3/h13H,4-10H2,1-3H3. The number of rotatable bonds is 11. The van der Waals surface area contributed by atoms with Gasteiger partial charge in [-0.25, -0.2) is 0 Å². The molecular weight excluding hydrogens is 264 g/mol. The molecular formula is C12H24N4O2S. The maximum atomic E-state index is 5.14. The molecule has 19 heavy (non-hydrogen) atoms. The van der Waals surface area contributed by atoms with Crippen molar-refractivity contribution in [2.24, 2.45) is 0 Å². The Morgan fingerprint density at radius 1 is 1.21 bits per heavy atom. The van der Waals surface area contributed by atoms with Crippen molar-refractivity contribution >= 4 is 16.5 Å². The van der Waals surface area contributed by atoms with E-state index < -0.39 is 0 Å². The Balaban J connectivity index is 2.53. The van der Waals surface area contributed by atoms with E-state index in [9.17, 15) is 0 Å². The van der Waals surface area contributed by atoms with Gasteiger partial charge in [0.05, 0.1) is 13.2 Å². The fraction of sp³-hybridized carbons (Fsp3) is 0.833. The van der Waals surface area contributed by atoms with Crippen molar-refractivity contribution in [2.45, 2.75) is 19.9 Å². The third-order valence-electron chi connectivity index (χ3n) is 2.69. The van der Waals surface area contributed by atoms with E-state index in [1.807, 2.05) is 0 Å². The predicted molar refractivity (Wildman–Crippen MR) is 77.7 cm³/mol. The van der Waals surface area contributed by atoms with Crippen molar-refractivity contribution in [3.05, 3.63) is 5.69 Å². The van der Waals surface area contributed by atoms with Gasteiger partial charge in [0, 0.05) is 51.9 Å². The van der Waals surface area contributed by atoms with Crippen LogP contribution in [0.2, 0.25) is 0 Å². The number of nitrogens with one attached hydrogen (secondary N) is 1. The van der Waals surface area contributed by atoms with Gasteiger partial charge in [0.2, 0.25) is 0 Å². The van der Waals surface area contributed by atoms with E-state index in [1.54, 1.807) is 14.2 Å². The molecule has 1 aromatic rings. The Kier molecular flexibility index (Phi) is 8.64. The molecule has 0 aliphatic heterocycles. The summed E-state index contributed by atoms with van der Waals surface area (Å²) in [6.45, 7) is 7.01. The number of anilines is 1. The number of hydrogen-bond acceptors (Lipinski definition) is 7. The van der Waals surface area contributed by atoms with Crippen molar-refractivity contribution < 1.29 is 9.47 Å². The molecule has 1 rings (SSSR count). The number of hydrogen-bond donors (Lipinski definition) is 1. The lowest BCUT2D eigenvalue weighted by molar-refractivity contribution is 0.109. The molecule has 0 unspecified atom stereocenters. The van der Waals surface area contributed by atoms with E-state index >= 15 is 0 Å². The first-order valence-corrected chi connectivity index (χ1v) is 7.34. The van der Waals surface area contributed by atoms with E-state index in [0.29, 0.717) is 13.2 Å². The van der Waals surface area contributed by atoms with Gasteiger partial charge in [-0.1, -0.05) is 11.4 Å². The summed E-state index contributed by atoms with van der Waals surface area (Å²) in [6.07, 6.45) is 1.09. The quantitative estimate of drug-likeness (QED) is 0.665. The third-order valence-corrected chi connectivity index (χ3v) is 3.41. The van der Waals surface area contributed by atoms with Crippen LogP contribution in [0.1, 0.15) is 19.0 Å². The second-order valence-corrected chi connectivity index (χ2v) is 4.99. The molecule has 0 atom stereocenters. The molecule has 0 aromatic carbocycles. The van der Waals surface area contributed by atoms with E-state index in [0.717, 1.165) is 43.3 Å². The zero-order valence-corrected chi connectivity index (χ0v) is 12.8. The summed E-state index contributed by atoms with van der Waals surface area (Å²) in [5.74, 6) is 0. The van der Waals surface area contributed by atoms with Crippen molar-refractivity contribution in [3.8, 4) is 0 Å². The lowest BCUT2D eigenvalue weighted by Crippen LogP contribution is -2.30. The van der Waals surface area contributed by atoms with Gasteiger partial charge in [0.25, 0.3) is 0 Å². The first-order chi connectivity index (χ1) is 9.31. The average Bonchev–Trinajstić information content (AvgIpc) is 2.86. The summed E-state index contributed by atoms with van der Waals surface area (Å²) >= 11 is 1.42. The van der Waals surface area contributed by atoms with Gasteiger partial charge in [0.1, 0.15) is 10.7 Å². The Morgan fingerprint density at radius 3 is 2.47 bits per heavy atom. The zero-order chi connectivity index (χ0) is 13.9.